The average Bonchev–Trinajstić information content (AvgIpc) is 2.72. The van der Waals surface area contributed by atoms with Gasteiger partial charge in [0.1, 0.15) is 0 Å². The molecular weight excluding hydrogens is 276 g/mol. The van der Waals surface area contributed by atoms with Crippen molar-refractivity contribution in [1.82, 2.24) is 0 Å². The number of rotatable bonds is 0. The van der Waals surface area contributed by atoms with Crippen LogP contribution in [0, 0.1) is 11.8 Å². The largest absolute Gasteiger partial charge is 0.0616 e. The highest BCUT2D eigenvalue weighted by atomic mass is 14.5. The van der Waals surface area contributed by atoms with Crippen LogP contribution < -0.4 is 0 Å². The van der Waals surface area contributed by atoms with E-state index in [2.05, 4.69) is 48.5 Å². The van der Waals surface area contributed by atoms with Crippen LogP contribution in [-0.4, -0.2) is 0 Å². The molecule has 7 rings (SSSR count). The van der Waals surface area contributed by atoms with Gasteiger partial charge in [-0.2, -0.15) is 0 Å². The third-order valence-electron chi connectivity index (χ3n) is 6.92. The first-order chi connectivity index (χ1) is 11.3. The molecule has 0 aliphatic heterocycles. The summed E-state index contributed by atoms with van der Waals surface area (Å²) in [4.78, 5) is 0. The predicted molar refractivity (Wildman–Crippen MR) is 97.0 cm³/mol. The highest BCUT2D eigenvalue weighted by molar-refractivity contribution is 5.98. The fourth-order valence-electron chi connectivity index (χ4n) is 6.09. The van der Waals surface area contributed by atoms with E-state index in [1.54, 1.807) is 11.1 Å². The normalized spacial score (nSPS) is 31.5. The predicted octanol–water partition coefficient (Wildman–Crippen LogP) is 6.38. The van der Waals surface area contributed by atoms with Crippen molar-refractivity contribution >= 4 is 21.5 Å². The Bertz CT molecular complexity index is 847. The lowest BCUT2D eigenvalue weighted by Gasteiger charge is -2.38. The van der Waals surface area contributed by atoms with Crippen LogP contribution in [0.4, 0.5) is 0 Å². The molecule has 4 aliphatic carbocycles. The Morgan fingerprint density at radius 2 is 1.00 bits per heavy atom. The Balaban J connectivity index is 1.64. The Labute approximate surface area is 137 Å². The highest BCUT2D eigenvalue weighted by Gasteiger charge is 2.41. The molecule has 0 aromatic heterocycles. The van der Waals surface area contributed by atoms with E-state index in [4.69, 9.17) is 0 Å². The van der Waals surface area contributed by atoms with E-state index in [9.17, 15) is 0 Å². The number of hydrogen-bond donors (Lipinski definition) is 0. The topological polar surface area (TPSA) is 0 Å². The second-order valence-corrected chi connectivity index (χ2v) is 8.33. The monoisotopic (exact) mass is 298 g/mol. The second-order valence-electron chi connectivity index (χ2n) is 8.33. The summed E-state index contributed by atoms with van der Waals surface area (Å²) in [5, 5.41) is 5.64. The molecule has 4 aliphatic rings. The van der Waals surface area contributed by atoms with E-state index in [0.717, 1.165) is 23.7 Å². The van der Waals surface area contributed by atoms with Crippen molar-refractivity contribution in [3.63, 3.8) is 0 Å². The molecule has 114 valence electrons. The second kappa shape index (κ2) is 4.38. The number of hydrogen-bond acceptors (Lipinski definition) is 0. The van der Waals surface area contributed by atoms with Gasteiger partial charge >= 0.3 is 0 Å². The van der Waals surface area contributed by atoms with Gasteiger partial charge in [0.25, 0.3) is 0 Å². The van der Waals surface area contributed by atoms with Gasteiger partial charge in [-0.15, -0.1) is 0 Å². The van der Waals surface area contributed by atoms with Crippen molar-refractivity contribution in [2.75, 3.05) is 0 Å². The van der Waals surface area contributed by atoms with E-state index in [1.165, 1.54) is 53.6 Å². The van der Waals surface area contributed by atoms with E-state index < -0.39 is 0 Å². The lowest BCUT2D eigenvalue weighted by Crippen LogP contribution is -2.25. The van der Waals surface area contributed by atoms with Crippen molar-refractivity contribution in [2.45, 2.75) is 43.9 Å². The smallest absolute Gasteiger partial charge is 0.0154 e. The summed E-state index contributed by atoms with van der Waals surface area (Å²) in [5.41, 5.74) is 3.42. The Morgan fingerprint density at radius 1 is 0.522 bits per heavy atom. The first-order valence-electron chi connectivity index (χ1n) is 9.30. The first kappa shape index (κ1) is 12.6. The summed E-state index contributed by atoms with van der Waals surface area (Å²) in [6.45, 7) is 0. The van der Waals surface area contributed by atoms with E-state index in [0.29, 0.717) is 0 Å². The molecule has 4 bridgehead atoms. The van der Waals surface area contributed by atoms with Crippen molar-refractivity contribution in [1.29, 1.82) is 0 Å². The minimum absolute atomic E-state index is 0.845. The average molecular weight is 298 g/mol. The van der Waals surface area contributed by atoms with Crippen molar-refractivity contribution in [3.05, 3.63) is 59.7 Å². The lowest BCUT2D eigenvalue weighted by atomic mass is 9.67. The Hall–Kier alpha value is -1.82. The molecule has 0 unspecified atom stereocenters. The van der Waals surface area contributed by atoms with E-state index in [1.807, 2.05) is 0 Å². The molecule has 0 spiro atoms. The molecule has 23 heavy (non-hydrogen) atoms. The zero-order valence-electron chi connectivity index (χ0n) is 13.5. The molecule has 0 heterocycles. The molecule has 2 fully saturated rings. The highest BCUT2D eigenvalue weighted by Crippen LogP contribution is 2.56. The van der Waals surface area contributed by atoms with Gasteiger partial charge in [-0.25, -0.2) is 0 Å². The van der Waals surface area contributed by atoms with E-state index >= 15 is 0 Å². The summed E-state index contributed by atoms with van der Waals surface area (Å²) in [5.74, 6) is 3.70. The standard InChI is InChI=1S/C23H22/c1-2-4-17-11-19-13-23-21-8-14-5-15(9-21)7-20(6-14)22(23)12-18(19)10-16(17)3-1/h1-4,10-15,20-21H,5-9H2. The molecule has 0 N–H and O–H groups in total. The van der Waals surface area contributed by atoms with Crippen LogP contribution in [0.2, 0.25) is 0 Å². The minimum Gasteiger partial charge on any atom is -0.0616 e. The van der Waals surface area contributed by atoms with E-state index in [-0.39, 0.29) is 0 Å². The number of fused-ring (bicyclic) bond motifs is 2. The molecule has 3 aromatic carbocycles. The van der Waals surface area contributed by atoms with Gasteiger partial charge in [0.2, 0.25) is 0 Å². The van der Waals surface area contributed by atoms with Crippen molar-refractivity contribution in [3.8, 4) is 0 Å². The molecule has 0 atom stereocenters. The molecule has 0 amide bonds. The van der Waals surface area contributed by atoms with Gasteiger partial charge in [0.05, 0.1) is 0 Å². The van der Waals surface area contributed by atoms with Gasteiger partial charge in [-0.3, -0.25) is 0 Å². The molecule has 3 aromatic rings. The van der Waals surface area contributed by atoms with Gasteiger partial charge < -0.3 is 0 Å². The quantitative estimate of drug-likeness (QED) is 0.422. The molecule has 0 heteroatoms. The maximum absolute atomic E-state index is 2.56. The fraction of sp³-hybridized carbons (Fsp3) is 0.391. The molecular formula is C23H22. The van der Waals surface area contributed by atoms with Crippen LogP contribution in [0.5, 0.6) is 0 Å². The maximum atomic E-state index is 2.56. The molecule has 0 nitrogen and oxygen atoms in total. The molecule has 0 radical (unpaired) electrons. The molecule has 2 saturated carbocycles. The fourth-order valence-corrected chi connectivity index (χ4v) is 6.09. The van der Waals surface area contributed by atoms with Crippen LogP contribution in [0.15, 0.2) is 48.5 Å². The number of benzene rings is 3. The van der Waals surface area contributed by atoms with Crippen LogP contribution >= 0.6 is 0 Å². The van der Waals surface area contributed by atoms with Gasteiger partial charge in [-0.1, -0.05) is 36.4 Å². The van der Waals surface area contributed by atoms with Crippen molar-refractivity contribution < 1.29 is 0 Å². The Morgan fingerprint density at radius 3 is 1.48 bits per heavy atom. The maximum Gasteiger partial charge on any atom is -0.0154 e. The van der Waals surface area contributed by atoms with Crippen LogP contribution in [0.3, 0.4) is 0 Å². The lowest BCUT2D eigenvalue weighted by molar-refractivity contribution is 0.166. The summed E-state index contributed by atoms with van der Waals surface area (Å²) in [6.07, 6.45) is 7.35. The first-order valence-corrected chi connectivity index (χ1v) is 9.30. The van der Waals surface area contributed by atoms with Crippen LogP contribution in [0.1, 0.15) is 55.1 Å². The zero-order valence-corrected chi connectivity index (χ0v) is 13.5. The summed E-state index contributed by atoms with van der Waals surface area (Å²) >= 11 is 0. The Kier molecular flexibility index (Phi) is 2.40. The summed E-state index contributed by atoms with van der Waals surface area (Å²) in [7, 11) is 0. The van der Waals surface area contributed by atoms with Gasteiger partial charge in [-0.05, 0) is 101 Å². The zero-order chi connectivity index (χ0) is 15.0. The minimum atomic E-state index is 0.845. The third kappa shape index (κ3) is 1.78. The van der Waals surface area contributed by atoms with Crippen molar-refractivity contribution in [2.24, 2.45) is 11.8 Å². The third-order valence-corrected chi connectivity index (χ3v) is 6.92. The van der Waals surface area contributed by atoms with Gasteiger partial charge in [0.15, 0.2) is 0 Å². The van der Waals surface area contributed by atoms with Gasteiger partial charge in [0, 0.05) is 0 Å². The summed E-state index contributed by atoms with van der Waals surface area (Å²) in [6, 6.07) is 18.7. The molecule has 0 saturated heterocycles. The van der Waals surface area contributed by atoms with Crippen LogP contribution in [-0.2, 0) is 0 Å². The summed E-state index contributed by atoms with van der Waals surface area (Å²) < 4.78 is 0. The van der Waals surface area contributed by atoms with Crippen LogP contribution in [0.25, 0.3) is 21.5 Å². The SMILES string of the molecule is c1ccc2cc3cc4c(cc3cc2c1)C1CC2CC(C1)CC4C2.